The first-order valence-electron chi connectivity index (χ1n) is 8.14. The second kappa shape index (κ2) is 7.79. The monoisotopic (exact) mass is 342 g/mol. The maximum absolute atomic E-state index is 12.6. The van der Waals surface area contributed by atoms with E-state index in [-0.39, 0.29) is 18.4 Å². The summed E-state index contributed by atoms with van der Waals surface area (Å²) >= 11 is 0. The summed E-state index contributed by atoms with van der Waals surface area (Å²) in [7, 11) is 0. The fourth-order valence-electron chi connectivity index (χ4n) is 3.13. The first-order chi connectivity index (χ1) is 11.4. The number of alkyl halides is 2. The van der Waals surface area contributed by atoms with Crippen molar-refractivity contribution in [2.75, 3.05) is 13.2 Å². The topological polar surface area (TPSA) is 61.8 Å². The van der Waals surface area contributed by atoms with Crippen LogP contribution in [-0.4, -0.2) is 41.3 Å². The molecule has 2 atom stereocenters. The Morgan fingerprint density at radius 3 is 2.79 bits per heavy atom. The van der Waals surface area contributed by atoms with E-state index < -0.39 is 18.2 Å². The van der Waals surface area contributed by atoms with Gasteiger partial charge in [-0.3, -0.25) is 0 Å². The molecule has 1 aliphatic heterocycles. The van der Waals surface area contributed by atoms with Gasteiger partial charge in [0.25, 0.3) is 0 Å². The van der Waals surface area contributed by atoms with E-state index in [2.05, 4.69) is 10.1 Å². The average molecular weight is 342 g/mol. The van der Waals surface area contributed by atoms with Crippen molar-refractivity contribution in [3.8, 4) is 5.75 Å². The molecule has 24 heavy (non-hydrogen) atoms. The molecule has 0 radical (unpaired) electrons. The van der Waals surface area contributed by atoms with Gasteiger partial charge in [-0.1, -0.05) is 25.1 Å². The highest BCUT2D eigenvalue weighted by Gasteiger charge is 2.39. The highest BCUT2D eigenvalue weighted by Crippen LogP contribution is 2.31. The third-order valence-corrected chi connectivity index (χ3v) is 4.55. The third-order valence-electron chi connectivity index (χ3n) is 4.55. The van der Waals surface area contributed by atoms with Crippen LogP contribution >= 0.6 is 0 Å². The maximum atomic E-state index is 12.6. The van der Waals surface area contributed by atoms with E-state index in [1.807, 2.05) is 13.8 Å². The first-order valence-corrected chi connectivity index (χ1v) is 8.14. The number of carbonyl (C=O) groups excluding carboxylic acids is 1. The number of aliphatic hydroxyl groups excluding tert-OH is 1. The number of amides is 2. The van der Waals surface area contributed by atoms with Gasteiger partial charge < -0.3 is 20.1 Å². The van der Waals surface area contributed by atoms with Gasteiger partial charge in [-0.15, -0.1) is 0 Å². The quantitative estimate of drug-likeness (QED) is 0.834. The zero-order valence-electron chi connectivity index (χ0n) is 14.0. The van der Waals surface area contributed by atoms with Crippen molar-refractivity contribution in [2.24, 2.45) is 0 Å². The van der Waals surface area contributed by atoms with Gasteiger partial charge in [0.15, 0.2) is 0 Å². The predicted molar refractivity (Wildman–Crippen MR) is 86.1 cm³/mol. The molecule has 2 N–H and O–H groups in total. The van der Waals surface area contributed by atoms with Gasteiger partial charge in [0.2, 0.25) is 0 Å². The Kier molecular flexibility index (Phi) is 5.99. The molecule has 0 spiro atoms. The number of nitrogens with one attached hydrogen (secondary N) is 1. The lowest BCUT2D eigenvalue weighted by Gasteiger charge is -2.35. The minimum absolute atomic E-state index is 0.0611. The molecule has 2 rings (SSSR count). The molecule has 0 bridgehead atoms. The van der Waals surface area contributed by atoms with Crippen LogP contribution in [0, 0.1) is 0 Å². The fourth-order valence-corrected chi connectivity index (χ4v) is 3.13. The molecule has 7 heteroatoms. The number of benzene rings is 1. The number of aliphatic hydroxyl groups is 1. The summed E-state index contributed by atoms with van der Waals surface area (Å²) in [6.45, 7) is 1.24. The van der Waals surface area contributed by atoms with Crippen LogP contribution in [0.25, 0.3) is 0 Å². The molecular formula is C17H24F2N2O3. The second-order valence-corrected chi connectivity index (χ2v) is 6.24. The van der Waals surface area contributed by atoms with Crippen molar-refractivity contribution in [1.82, 2.24) is 10.2 Å². The molecule has 2 amide bonds. The average Bonchev–Trinajstić information content (AvgIpc) is 2.95. The standard InChI is InChI=1S/C17H24F2N2O3/c1-3-13(12-7-4-5-8-14(12)24-15(18)19)20-16(23)21-10-6-9-17(21,2)11-22/h4-5,7-8,13,15,22H,3,6,9-11H2,1-2H3,(H,20,23)/t13-,17+/m0/s1. The highest BCUT2D eigenvalue weighted by molar-refractivity contribution is 5.76. The van der Waals surface area contributed by atoms with Crippen LogP contribution in [0.3, 0.4) is 0 Å². The molecular weight excluding hydrogens is 318 g/mol. The van der Waals surface area contributed by atoms with E-state index in [9.17, 15) is 18.7 Å². The number of urea groups is 1. The van der Waals surface area contributed by atoms with Crippen molar-refractivity contribution >= 4 is 6.03 Å². The number of para-hydroxylation sites is 1. The Balaban J connectivity index is 2.17. The van der Waals surface area contributed by atoms with E-state index in [0.717, 1.165) is 12.8 Å². The summed E-state index contributed by atoms with van der Waals surface area (Å²) in [4.78, 5) is 14.2. The van der Waals surface area contributed by atoms with Gasteiger partial charge in [-0.05, 0) is 32.3 Å². The maximum Gasteiger partial charge on any atom is 0.387 e. The van der Waals surface area contributed by atoms with Crippen LogP contribution in [0.5, 0.6) is 5.75 Å². The number of carbonyl (C=O) groups is 1. The molecule has 134 valence electrons. The summed E-state index contributed by atoms with van der Waals surface area (Å²) in [5.74, 6) is 0.0611. The smallest absolute Gasteiger partial charge is 0.387 e. The van der Waals surface area contributed by atoms with Gasteiger partial charge in [0.05, 0.1) is 18.2 Å². The Morgan fingerprint density at radius 1 is 1.46 bits per heavy atom. The number of nitrogens with zero attached hydrogens (tertiary/aromatic N) is 1. The summed E-state index contributed by atoms with van der Waals surface area (Å²) < 4.78 is 29.7. The first kappa shape index (κ1) is 18.4. The van der Waals surface area contributed by atoms with Crippen molar-refractivity contribution < 1.29 is 23.4 Å². The Bertz CT molecular complexity index is 571. The van der Waals surface area contributed by atoms with E-state index in [4.69, 9.17) is 0 Å². The van der Waals surface area contributed by atoms with Crippen molar-refractivity contribution in [3.05, 3.63) is 29.8 Å². The van der Waals surface area contributed by atoms with Crippen molar-refractivity contribution in [1.29, 1.82) is 0 Å². The SMILES string of the molecule is CC[C@H](NC(=O)N1CCC[C@]1(C)CO)c1ccccc1OC(F)F. The number of rotatable bonds is 6. The molecule has 0 unspecified atom stereocenters. The Morgan fingerprint density at radius 2 is 2.17 bits per heavy atom. The number of halogens is 2. The van der Waals surface area contributed by atoms with E-state index >= 15 is 0 Å². The molecule has 1 aromatic rings. The van der Waals surface area contributed by atoms with Gasteiger partial charge in [0.1, 0.15) is 5.75 Å². The molecule has 1 aromatic carbocycles. The molecule has 1 heterocycles. The highest BCUT2D eigenvalue weighted by atomic mass is 19.3. The zero-order valence-corrected chi connectivity index (χ0v) is 14.0. The van der Waals surface area contributed by atoms with Crippen molar-refractivity contribution in [3.63, 3.8) is 0 Å². The largest absolute Gasteiger partial charge is 0.434 e. The molecule has 0 aliphatic carbocycles. The number of likely N-dealkylation sites (tertiary alicyclic amines) is 1. The van der Waals surface area contributed by atoms with Gasteiger partial charge in [-0.2, -0.15) is 8.78 Å². The van der Waals surface area contributed by atoms with Crippen LogP contribution in [0.4, 0.5) is 13.6 Å². The fraction of sp³-hybridized carbons (Fsp3) is 0.588. The lowest BCUT2D eigenvalue weighted by Crippen LogP contribution is -2.52. The Hall–Kier alpha value is -1.89. The number of ether oxygens (including phenoxy) is 1. The van der Waals surface area contributed by atoms with Crippen LogP contribution in [0.1, 0.15) is 44.7 Å². The molecule has 1 saturated heterocycles. The van der Waals surface area contributed by atoms with Gasteiger partial charge in [0, 0.05) is 12.1 Å². The minimum atomic E-state index is -2.92. The molecule has 1 aliphatic rings. The van der Waals surface area contributed by atoms with Crippen LogP contribution < -0.4 is 10.1 Å². The predicted octanol–water partition coefficient (Wildman–Crippen LogP) is 3.30. The number of hydrogen-bond acceptors (Lipinski definition) is 3. The van der Waals surface area contributed by atoms with Crippen LogP contribution in [-0.2, 0) is 0 Å². The minimum Gasteiger partial charge on any atom is -0.434 e. The summed E-state index contributed by atoms with van der Waals surface area (Å²) in [6, 6.07) is 5.71. The lowest BCUT2D eigenvalue weighted by atomic mass is 10.0. The third kappa shape index (κ3) is 3.95. The van der Waals surface area contributed by atoms with E-state index in [1.165, 1.54) is 6.07 Å². The zero-order chi connectivity index (χ0) is 17.7. The van der Waals surface area contributed by atoms with Gasteiger partial charge >= 0.3 is 12.6 Å². The van der Waals surface area contributed by atoms with Crippen LogP contribution in [0.2, 0.25) is 0 Å². The van der Waals surface area contributed by atoms with Gasteiger partial charge in [-0.25, -0.2) is 4.79 Å². The molecule has 0 aromatic heterocycles. The molecule has 1 fully saturated rings. The lowest BCUT2D eigenvalue weighted by molar-refractivity contribution is -0.0507. The molecule has 0 saturated carbocycles. The van der Waals surface area contributed by atoms with E-state index in [0.29, 0.717) is 18.5 Å². The second-order valence-electron chi connectivity index (χ2n) is 6.24. The number of hydrogen-bond donors (Lipinski definition) is 2. The summed E-state index contributed by atoms with van der Waals surface area (Å²) in [5.41, 5.74) is -0.0694. The Labute approximate surface area is 140 Å². The van der Waals surface area contributed by atoms with E-state index in [1.54, 1.807) is 23.1 Å². The summed E-state index contributed by atoms with van der Waals surface area (Å²) in [6.07, 6.45) is 2.09. The normalized spacial score (nSPS) is 21.8. The van der Waals surface area contributed by atoms with Crippen LogP contribution in [0.15, 0.2) is 24.3 Å². The molecule has 5 nitrogen and oxygen atoms in total. The summed E-state index contributed by atoms with van der Waals surface area (Å²) in [5, 5.41) is 12.5. The van der Waals surface area contributed by atoms with Crippen molar-refractivity contribution in [2.45, 2.75) is 51.3 Å².